The first-order valence-corrected chi connectivity index (χ1v) is 12.4. The molecule has 2 saturated heterocycles. The van der Waals surface area contributed by atoms with Crippen LogP contribution in [0.15, 0.2) is 51.4 Å². The summed E-state index contributed by atoms with van der Waals surface area (Å²) in [4.78, 5) is 38.6. The van der Waals surface area contributed by atoms with Gasteiger partial charge in [-0.15, -0.1) is 4.91 Å². The number of anilines is 3. The summed E-state index contributed by atoms with van der Waals surface area (Å²) in [5.74, 6) is 1.02. The number of benzene rings is 1. The van der Waals surface area contributed by atoms with E-state index in [1.807, 2.05) is 19.2 Å². The summed E-state index contributed by atoms with van der Waals surface area (Å²) in [5.41, 5.74) is 4.14. The van der Waals surface area contributed by atoms with E-state index in [9.17, 15) is 9.70 Å². The van der Waals surface area contributed by atoms with Gasteiger partial charge in [-0.3, -0.25) is 9.69 Å². The largest absolute Gasteiger partial charge is 0.370 e. The normalized spacial score (nSPS) is 15.7. The van der Waals surface area contributed by atoms with Gasteiger partial charge >= 0.3 is 0 Å². The van der Waals surface area contributed by atoms with E-state index in [2.05, 4.69) is 54.7 Å². The average Bonchev–Trinajstić information content (AvgIpc) is 3.12. The van der Waals surface area contributed by atoms with Crippen LogP contribution in [0, 0.1) is 17.7 Å². The minimum atomic E-state index is -0.0736. The van der Waals surface area contributed by atoms with Crippen LogP contribution in [0.25, 0.3) is 11.1 Å². The third-order valence-electron chi connectivity index (χ3n) is 6.20. The number of hydrogen-bond donors (Lipinski definition) is 0. The zero-order valence-electron chi connectivity index (χ0n) is 18.5. The molecule has 0 saturated carbocycles. The molecule has 2 fully saturated rings. The highest BCUT2D eigenvalue weighted by Gasteiger charge is 2.36. The molecule has 1 amide bonds. The Bertz CT molecular complexity index is 1170. The molecule has 0 atom stereocenters. The highest BCUT2D eigenvalue weighted by Crippen LogP contribution is 2.36. The molecule has 2 aliphatic rings. The molecule has 2 aliphatic heterocycles. The minimum Gasteiger partial charge on any atom is -0.370 e. The maximum atomic E-state index is 12.9. The van der Waals surface area contributed by atoms with Crippen molar-refractivity contribution in [1.82, 2.24) is 9.97 Å². The Morgan fingerprint density at radius 1 is 1.18 bits per heavy atom. The molecule has 170 valence electrons. The monoisotopic (exact) mass is 480 g/mol. The van der Waals surface area contributed by atoms with E-state index in [0.717, 1.165) is 57.6 Å². The van der Waals surface area contributed by atoms with Crippen LogP contribution in [-0.4, -0.2) is 49.1 Å². The quantitative estimate of drug-likeness (QED) is 0.361. The lowest BCUT2D eigenvalue weighted by Crippen LogP contribution is -2.54. The van der Waals surface area contributed by atoms with Crippen molar-refractivity contribution < 1.29 is 4.79 Å². The molecule has 10 heteroatoms. The molecule has 0 aliphatic carbocycles. The van der Waals surface area contributed by atoms with Gasteiger partial charge in [0.25, 0.3) is 0 Å². The van der Waals surface area contributed by atoms with Crippen LogP contribution in [0.5, 0.6) is 0 Å². The summed E-state index contributed by atoms with van der Waals surface area (Å²) in [7, 11) is 1.74. The van der Waals surface area contributed by atoms with Gasteiger partial charge in [0.1, 0.15) is 10.0 Å². The number of thiazole rings is 1. The lowest BCUT2D eigenvalue weighted by molar-refractivity contribution is -0.122. The molecular formula is C23H24N6O2S2. The van der Waals surface area contributed by atoms with Crippen LogP contribution in [0.3, 0.4) is 0 Å². The number of aryl methyl sites for hydroxylation is 1. The number of nitroso groups, excluding NO2 is 1. The Balaban J connectivity index is 1.22. The number of amides is 1. The van der Waals surface area contributed by atoms with Gasteiger partial charge < -0.3 is 9.80 Å². The zero-order chi connectivity index (χ0) is 22.9. The first kappa shape index (κ1) is 21.8. The fraction of sp³-hybridized carbons (Fsp3) is 0.348. The summed E-state index contributed by atoms with van der Waals surface area (Å²) in [6, 6.07) is 12.6. The Morgan fingerprint density at radius 2 is 1.94 bits per heavy atom. The van der Waals surface area contributed by atoms with Crippen molar-refractivity contribution in [2.75, 3.05) is 47.9 Å². The molecular weight excluding hydrogens is 456 g/mol. The molecule has 0 radical (unpaired) electrons. The second kappa shape index (κ2) is 9.11. The van der Waals surface area contributed by atoms with Crippen molar-refractivity contribution in [3.63, 3.8) is 0 Å². The molecule has 8 nitrogen and oxygen atoms in total. The van der Waals surface area contributed by atoms with E-state index in [0.29, 0.717) is 18.2 Å². The lowest BCUT2D eigenvalue weighted by atomic mass is 9.97. The van der Waals surface area contributed by atoms with E-state index in [1.54, 1.807) is 11.9 Å². The van der Waals surface area contributed by atoms with E-state index >= 15 is 0 Å². The summed E-state index contributed by atoms with van der Waals surface area (Å²) in [6.07, 6.45) is 3.07. The average molecular weight is 481 g/mol. The van der Waals surface area contributed by atoms with Crippen molar-refractivity contribution in [3.05, 3.63) is 53.2 Å². The number of rotatable bonds is 7. The summed E-state index contributed by atoms with van der Waals surface area (Å²) in [5, 5.41) is 0.598. The number of nitrogens with zero attached hydrogens (tertiary/aromatic N) is 6. The van der Waals surface area contributed by atoms with Crippen molar-refractivity contribution in [3.8, 4) is 11.1 Å². The van der Waals surface area contributed by atoms with Crippen molar-refractivity contribution >= 4 is 45.8 Å². The Morgan fingerprint density at radius 3 is 2.61 bits per heavy atom. The Hall–Kier alpha value is -2.98. The van der Waals surface area contributed by atoms with Crippen LogP contribution in [-0.2, 0) is 4.79 Å². The highest BCUT2D eigenvalue weighted by molar-refractivity contribution is 7.99. The molecule has 0 N–H and O–H groups in total. The van der Waals surface area contributed by atoms with Gasteiger partial charge in [0.05, 0.1) is 23.6 Å². The van der Waals surface area contributed by atoms with Gasteiger partial charge in [-0.1, -0.05) is 23.5 Å². The second-order valence-electron chi connectivity index (χ2n) is 8.30. The smallest absolute Gasteiger partial charge is 0.235 e. The minimum absolute atomic E-state index is 0.0433. The van der Waals surface area contributed by atoms with Gasteiger partial charge in [0.15, 0.2) is 5.13 Å². The molecule has 0 bridgehead atoms. The van der Waals surface area contributed by atoms with Gasteiger partial charge in [0.2, 0.25) is 5.91 Å². The zero-order valence-corrected chi connectivity index (χ0v) is 20.1. The van der Waals surface area contributed by atoms with Crippen LogP contribution in [0.4, 0.5) is 16.6 Å². The fourth-order valence-electron chi connectivity index (χ4n) is 4.10. The predicted molar refractivity (Wildman–Crippen MR) is 134 cm³/mol. The SMILES string of the molecule is Cc1nc(N(C)C(=O)C2CN(c3ccc(-c4cccnc4N4CCC4)cc3)C2)sc1SN=O. The predicted octanol–water partition coefficient (Wildman–Crippen LogP) is 4.60. The number of carbonyl (C=O) groups is 1. The van der Waals surface area contributed by atoms with E-state index in [1.165, 1.54) is 17.8 Å². The maximum Gasteiger partial charge on any atom is 0.235 e. The lowest BCUT2D eigenvalue weighted by Gasteiger charge is -2.41. The first-order valence-electron chi connectivity index (χ1n) is 10.8. The van der Waals surface area contributed by atoms with Crippen molar-refractivity contribution in [2.24, 2.45) is 10.5 Å². The van der Waals surface area contributed by atoms with Gasteiger partial charge in [-0.2, -0.15) is 0 Å². The van der Waals surface area contributed by atoms with E-state index in [4.69, 9.17) is 0 Å². The molecule has 3 aromatic rings. The van der Waals surface area contributed by atoms with Gasteiger partial charge in [0, 0.05) is 55.3 Å². The van der Waals surface area contributed by atoms with Crippen molar-refractivity contribution in [2.45, 2.75) is 17.6 Å². The number of aromatic nitrogens is 2. The van der Waals surface area contributed by atoms with Crippen LogP contribution < -0.4 is 14.7 Å². The number of pyridine rings is 1. The molecule has 0 unspecified atom stereocenters. The Kier molecular flexibility index (Phi) is 6.03. The third-order valence-corrected chi connectivity index (χ3v) is 8.23. The third kappa shape index (κ3) is 4.20. The van der Waals surface area contributed by atoms with E-state index in [-0.39, 0.29) is 11.8 Å². The number of carbonyl (C=O) groups excluding carboxylic acids is 1. The summed E-state index contributed by atoms with van der Waals surface area (Å²) < 4.78 is 3.58. The standard InChI is InChI=1S/C23H24N6O2S2/c1-15-22(33-26-31)32-23(25-15)27(2)21(30)17-13-29(14-17)18-8-6-16(7-9-18)19-5-3-10-24-20(19)28-11-4-12-28/h3,5-10,17H,4,11-14H2,1-2H3. The molecule has 5 rings (SSSR count). The highest BCUT2D eigenvalue weighted by atomic mass is 32.2. The van der Waals surface area contributed by atoms with Gasteiger partial charge in [-0.25, -0.2) is 9.97 Å². The maximum absolute atomic E-state index is 12.9. The molecule has 4 heterocycles. The summed E-state index contributed by atoms with van der Waals surface area (Å²) >= 11 is 2.18. The fourth-order valence-corrected chi connectivity index (χ4v) is 5.58. The van der Waals surface area contributed by atoms with Crippen LogP contribution >= 0.6 is 23.3 Å². The molecule has 33 heavy (non-hydrogen) atoms. The van der Waals surface area contributed by atoms with E-state index < -0.39 is 0 Å². The second-order valence-corrected chi connectivity index (χ2v) is 10.3. The Labute approximate surface area is 200 Å². The van der Waals surface area contributed by atoms with Crippen LogP contribution in [0.1, 0.15) is 12.1 Å². The molecule has 0 spiro atoms. The summed E-state index contributed by atoms with van der Waals surface area (Å²) in [6.45, 7) is 5.30. The van der Waals surface area contributed by atoms with Crippen LogP contribution in [0.2, 0.25) is 0 Å². The van der Waals surface area contributed by atoms with Gasteiger partial charge in [-0.05, 0) is 43.2 Å². The first-order chi connectivity index (χ1) is 16.0. The van der Waals surface area contributed by atoms with Crippen molar-refractivity contribution in [1.29, 1.82) is 0 Å². The topological polar surface area (TPSA) is 82.0 Å². The molecule has 2 aromatic heterocycles. The molecule has 1 aromatic carbocycles. The number of hydrogen-bond acceptors (Lipinski definition) is 9.